The molecule has 0 bridgehead atoms. The first-order valence-electron chi connectivity index (χ1n) is 25.5. The molecule has 8 heteroatoms. The largest absolute Gasteiger partial charge is 0.457 e. The number of hydrogen-bond donors (Lipinski definition) is 0. The summed E-state index contributed by atoms with van der Waals surface area (Å²) < 4.78 is 19.4. The number of fused-ring (bicyclic) bond motifs is 16. The van der Waals surface area contributed by atoms with Crippen molar-refractivity contribution in [1.82, 2.24) is 9.13 Å². The number of para-hydroxylation sites is 8. The van der Waals surface area contributed by atoms with E-state index in [4.69, 9.17) is 9.47 Å². The summed E-state index contributed by atoms with van der Waals surface area (Å²) in [6.07, 6.45) is 0. The van der Waals surface area contributed by atoms with Crippen molar-refractivity contribution >= 4 is 124 Å². The van der Waals surface area contributed by atoms with Crippen molar-refractivity contribution in [3.05, 3.63) is 243 Å². The predicted octanol–water partition coefficient (Wildman–Crippen LogP) is 12.7. The minimum absolute atomic E-state index is 0.102. The van der Waals surface area contributed by atoms with Gasteiger partial charge < -0.3 is 28.4 Å². The lowest BCUT2D eigenvalue weighted by Gasteiger charge is -2.42. The van der Waals surface area contributed by atoms with Crippen LogP contribution in [0.2, 0.25) is 0 Å². The third-order valence-electron chi connectivity index (χ3n) is 16.1. The number of ether oxygens (including phenoxy) is 2. The third-order valence-corrected chi connectivity index (χ3v) is 16.1. The Labute approximate surface area is 427 Å². The van der Waals surface area contributed by atoms with Gasteiger partial charge in [0.2, 0.25) is 0 Å². The molecule has 4 aliphatic rings. The lowest BCUT2D eigenvalue weighted by Crippen LogP contribution is -2.64. The summed E-state index contributed by atoms with van der Waals surface area (Å²) in [4.78, 5) is 4.92. The van der Waals surface area contributed by atoms with E-state index in [0.717, 1.165) is 89.7 Å². The van der Waals surface area contributed by atoms with E-state index < -0.39 is 0 Å². The van der Waals surface area contributed by atoms with Crippen LogP contribution in [-0.4, -0.2) is 22.6 Å². The summed E-state index contributed by atoms with van der Waals surface area (Å²) in [5.41, 5.74) is 21.4. The zero-order valence-electron chi connectivity index (χ0n) is 39.9. The van der Waals surface area contributed by atoms with Crippen molar-refractivity contribution in [2.75, 3.05) is 9.80 Å². The Hall–Kier alpha value is -9.65. The van der Waals surface area contributed by atoms with Gasteiger partial charge in [-0.2, -0.15) is 0 Å². The molecule has 0 aliphatic carbocycles. The Balaban J connectivity index is 1.04. The van der Waals surface area contributed by atoms with Crippen molar-refractivity contribution in [2.45, 2.75) is 0 Å². The molecule has 74 heavy (non-hydrogen) atoms. The second kappa shape index (κ2) is 14.9. The highest BCUT2D eigenvalue weighted by atomic mass is 16.5. The molecule has 11 aromatic carbocycles. The van der Waals surface area contributed by atoms with Gasteiger partial charge in [-0.1, -0.05) is 152 Å². The van der Waals surface area contributed by atoms with Gasteiger partial charge in [0, 0.05) is 68.4 Å². The van der Waals surface area contributed by atoms with Gasteiger partial charge >= 0.3 is 0 Å². The highest BCUT2D eigenvalue weighted by molar-refractivity contribution is 7.03. The zero-order chi connectivity index (χ0) is 48.2. The third kappa shape index (κ3) is 5.30. The van der Waals surface area contributed by atoms with Crippen LogP contribution in [-0.2, 0) is 0 Å². The lowest BCUT2D eigenvalue weighted by molar-refractivity contribution is 0.488. The summed E-state index contributed by atoms with van der Waals surface area (Å²) in [5, 5.41) is 4.52. The first-order chi connectivity index (χ1) is 36.8. The predicted molar refractivity (Wildman–Crippen MR) is 307 cm³/mol. The van der Waals surface area contributed by atoms with E-state index in [9.17, 15) is 0 Å². The van der Waals surface area contributed by atoms with Gasteiger partial charge in [-0.15, -0.1) is 0 Å². The van der Waals surface area contributed by atoms with Gasteiger partial charge in [-0.25, -0.2) is 0 Å². The van der Waals surface area contributed by atoms with Gasteiger partial charge in [0.1, 0.15) is 23.0 Å². The summed E-state index contributed by atoms with van der Waals surface area (Å²) in [6.45, 7) is -0.203. The summed E-state index contributed by atoms with van der Waals surface area (Å²) in [6, 6.07) is 87.8. The molecule has 0 amide bonds. The zero-order valence-corrected chi connectivity index (χ0v) is 39.9. The number of aromatic nitrogens is 2. The molecule has 17 rings (SSSR count). The molecule has 0 unspecified atom stereocenters. The number of benzene rings is 11. The van der Waals surface area contributed by atoms with E-state index in [1.807, 2.05) is 36.4 Å². The number of anilines is 6. The van der Waals surface area contributed by atoms with E-state index in [0.29, 0.717) is 0 Å². The molecule has 0 atom stereocenters. The SMILES string of the molecule is c1ccc(Oc2cc3c4c5c2c2ccccc2n5-c2cc5c(cc2B4c2ccccc2N3c2ccccc2)B2c3ccccc3N(c3ccccc3)c3cc(Oc4ccccc4)c4c6ccccc6n-5c4c32)cc1. The maximum Gasteiger partial charge on any atom is 0.252 e. The van der Waals surface area contributed by atoms with Crippen LogP contribution in [0.25, 0.3) is 55.0 Å². The number of rotatable bonds is 6. The standard InChI is InChI=1S/C66H40B2N4O2/c1-5-21-41(22-6-1)69-53-35-19-15-31-47(53)67-49-37-50-56(38-55(49)71-51-33-17-13-29-45(51)61-59(39-57(69)63(67)65(61)71)73-43-25-9-3-10-26-43)72-52-34-18-14-30-46(52)62-60(74-44-27-11-4-12-28-44)40-58-64(66(62)72)68(50)48-32-16-20-36-54(48)70(58)42-23-7-2-8-24-42/h1-40H. The van der Waals surface area contributed by atoms with E-state index >= 15 is 0 Å². The van der Waals surface area contributed by atoms with Gasteiger partial charge in [-0.05, 0) is 112 Å². The molecule has 4 aliphatic heterocycles. The fourth-order valence-electron chi connectivity index (χ4n) is 13.4. The molecule has 6 nitrogen and oxygen atoms in total. The molecule has 0 spiro atoms. The van der Waals surface area contributed by atoms with Gasteiger partial charge in [0.25, 0.3) is 13.4 Å². The molecule has 13 aromatic rings. The molecule has 0 saturated carbocycles. The highest BCUT2D eigenvalue weighted by Crippen LogP contribution is 2.50. The van der Waals surface area contributed by atoms with E-state index in [1.54, 1.807) is 0 Å². The van der Waals surface area contributed by atoms with E-state index in [-0.39, 0.29) is 13.4 Å². The van der Waals surface area contributed by atoms with Gasteiger partial charge in [-0.3, -0.25) is 0 Å². The first kappa shape index (κ1) is 40.0. The fourth-order valence-corrected chi connectivity index (χ4v) is 13.4. The highest BCUT2D eigenvalue weighted by Gasteiger charge is 2.47. The Kier molecular flexibility index (Phi) is 8.08. The topological polar surface area (TPSA) is 34.8 Å². The van der Waals surface area contributed by atoms with Crippen LogP contribution in [0, 0.1) is 0 Å². The van der Waals surface area contributed by atoms with Crippen LogP contribution in [0.4, 0.5) is 34.1 Å². The minimum atomic E-state index is -0.102. The smallest absolute Gasteiger partial charge is 0.252 e. The summed E-state index contributed by atoms with van der Waals surface area (Å²) in [5.74, 6) is 3.25. The molecule has 6 heterocycles. The van der Waals surface area contributed by atoms with Crippen molar-refractivity contribution < 1.29 is 9.47 Å². The number of nitrogens with zero attached hydrogens (tertiary/aromatic N) is 4. The molecule has 0 saturated heterocycles. The van der Waals surface area contributed by atoms with Crippen molar-refractivity contribution in [1.29, 1.82) is 0 Å². The van der Waals surface area contributed by atoms with Crippen molar-refractivity contribution in [3.63, 3.8) is 0 Å². The quantitative estimate of drug-likeness (QED) is 0.156. The maximum atomic E-state index is 7.12. The summed E-state index contributed by atoms with van der Waals surface area (Å²) >= 11 is 0. The molecular weight excluding hydrogens is 902 g/mol. The van der Waals surface area contributed by atoms with Crippen molar-refractivity contribution in [3.8, 4) is 34.4 Å². The van der Waals surface area contributed by atoms with Crippen LogP contribution in [0.15, 0.2) is 243 Å². The van der Waals surface area contributed by atoms with Crippen molar-refractivity contribution in [2.24, 2.45) is 0 Å². The molecule has 0 fully saturated rings. The average Bonchev–Trinajstić information content (AvgIpc) is 4.03. The van der Waals surface area contributed by atoms with Crippen LogP contribution >= 0.6 is 0 Å². The average molecular weight is 943 g/mol. The van der Waals surface area contributed by atoms with Crippen LogP contribution in [0.1, 0.15) is 0 Å². The molecule has 0 radical (unpaired) electrons. The Morgan fingerprint density at radius 3 is 1.12 bits per heavy atom. The molecule has 2 aromatic heterocycles. The molecule has 342 valence electrons. The van der Waals surface area contributed by atoms with Crippen LogP contribution in [0.5, 0.6) is 23.0 Å². The van der Waals surface area contributed by atoms with Crippen LogP contribution < -0.4 is 52.1 Å². The second-order valence-electron chi connectivity index (χ2n) is 19.9. The lowest BCUT2D eigenvalue weighted by atomic mass is 9.30. The van der Waals surface area contributed by atoms with Crippen LogP contribution in [0.3, 0.4) is 0 Å². The Bertz CT molecular complexity index is 4230. The molecular formula is C66H40B2N4O2. The Morgan fingerprint density at radius 2 is 0.676 bits per heavy atom. The minimum Gasteiger partial charge on any atom is -0.457 e. The van der Waals surface area contributed by atoms with Gasteiger partial charge in [0.05, 0.1) is 32.8 Å². The Morgan fingerprint density at radius 1 is 0.297 bits per heavy atom. The fraction of sp³-hybridized carbons (Fsp3) is 0. The maximum absolute atomic E-state index is 7.12. The normalized spacial score (nSPS) is 13.3. The van der Waals surface area contributed by atoms with Gasteiger partial charge in [0.15, 0.2) is 0 Å². The first-order valence-corrected chi connectivity index (χ1v) is 25.5. The molecule has 0 N–H and O–H groups in total. The van der Waals surface area contributed by atoms with E-state index in [1.165, 1.54) is 55.2 Å². The second-order valence-corrected chi connectivity index (χ2v) is 19.9. The monoisotopic (exact) mass is 942 g/mol. The summed E-state index contributed by atoms with van der Waals surface area (Å²) in [7, 11) is 0. The number of hydrogen-bond acceptors (Lipinski definition) is 4. The van der Waals surface area contributed by atoms with E-state index in [2.05, 4.69) is 225 Å².